The molecule has 1 fully saturated rings. The molecule has 20 heavy (non-hydrogen) atoms. The molecule has 1 aliphatic heterocycles. The van der Waals surface area contributed by atoms with Gasteiger partial charge in [0.25, 0.3) is 0 Å². The van der Waals surface area contributed by atoms with Gasteiger partial charge in [0.1, 0.15) is 6.04 Å². The Balaban J connectivity index is 2.02. The molecule has 0 amide bonds. The van der Waals surface area contributed by atoms with Gasteiger partial charge in [-0.3, -0.25) is 9.69 Å². The van der Waals surface area contributed by atoms with Crippen LogP contribution >= 0.6 is 11.6 Å². The lowest BCUT2D eigenvalue weighted by Gasteiger charge is -2.31. The number of benzene rings is 1. The minimum absolute atomic E-state index is 0.567. The zero-order chi connectivity index (χ0) is 14.1. The number of rotatable bonds is 3. The van der Waals surface area contributed by atoms with Crippen LogP contribution in [0, 0.1) is 0 Å². The maximum absolute atomic E-state index is 11.7. The van der Waals surface area contributed by atoms with Crippen molar-refractivity contribution in [2.45, 2.75) is 6.04 Å². The molecule has 1 aromatic heterocycles. The first-order valence-electron chi connectivity index (χ1n) is 6.48. The summed E-state index contributed by atoms with van der Waals surface area (Å²) in [7, 11) is 0. The molecular weight excluding hydrogens is 280 g/mol. The molecule has 1 aromatic carbocycles. The van der Waals surface area contributed by atoms with Crippen molar-refractivity contribution in [2.75, 3.05) is 26.3 Å². The number of morpholine rings is 1. The van der Waals surface area contributed by atoms with E-state index in [0.717, 1.165) is 16.5 Å². The van der Waals surface area contributed by atoms with Crippen molar-refractivity contribution in [3.05, 3.63) is 35.0 Å². The molecule has 0 radical (unpaired) electrons. The summed E-state index contributed by atoms with van der Waals surface area (Å²) in [6, 6.07) is 4.78. The lowest BCUT2D eigenvalue weighted by atomic mass is 10.0. The summed E-state index contributed by atoms with van der Waals surface area (Å²) in [6.45, 7) is 2.38. The second-order valence-corrected chi connectivity index (χ2v) is 5.26. The van der Waals surface area contributed by atoms with Crippen LogP contribution in [0.15, 0.2) is 24.4 Å². The third-order valence-corrected chi connectivity index (χ3v) is 3.85. The number of aliphatic carboxylic acids is 1. The minimum atomic E-state index is -0.845. The van der Waals surface area contributed by atoms with E-state index in [4.69, 9.17) is 16.3 Å². The van der Waals surface area contributed by atoms with E-state index in [1.54, 1.807) is 18.3 Å². The van der Waals surface area contributed by atoms with Crippen LogP contribution in [0.25, 0.3) is 10.9 Å². The summed E-state index contributed by atoms with van der Waals surface area (Å²) in [5.74, 6) is -0.845. The third-order valence-electron chi connectivity index (χ3n) is 3.62. The number of hydrogen-bond donors (Lipinski definition) is 2. The molecule has 1 atom stereocenters. The fraction of sp³-hybridized carbons (Fsp3) is 0.357. The van der Waals surface area contributed by atoms with E-state index in [9.17, 15) is 9.90 Å². The monoisotopic (exact) mass is 294 g/mol. The number of aromatic amines is 1. The van der Waals surface area contributed by atoms with E-state index in [2.05, 4.69) is 4.98 Å². The number of nitrogens with one attached hydrogen (secondary N) is 1. The molecule has 2 heterocycles. The zero-order valence-electron chi connectivity index (χ0n) is 10.8. The molecule has 106 valence electrons. The average Bonchev–Trinajstić information content (AvgIpc) is 2.83. The van der Waals surface area contributed by atoms with Gasteiger partial charge in [0.2, 0.25) is 0 Å². The Morgan fingerprint density at radius 1 is 1.40 bits per heavy atom. The highest BCUT2D eigenvalue weighted by Crippen LogP contribution is 2.30. The van der Waals surface area contributed by atoms with Gasteiger partial charge >= 0.3 is 5.97 Å². The molecule has 1 unspecified atom stereocenters. The normalized spacial score (nSPS) is 18.2. The quantitative estimate of drug-likeness (QED) is 0.911. The molecule has 0 bridgehead atoms. The molecule has 2 N–H and O–H groups in total. The lowest BCUT2D eigenvalue weighted by Crippen LogP contribution is -2.42. The van der Waals surface area contributed by atoms with Gasteiger partial charge in [0.05, 0.1) is 13.2 Å². The fourth-order valence-electron chi connectivity index (χ4n) is 2.67. The van der Waals surface area contributed by atoms with Crippen LogP contribution in [0.1, 0.15) is 11.6 Å². The van der Waals surface area contributed by atoms with E-state index in [1.807, 2.05) is 11.0 Å². The molecule has 0 spiro atoms. The van der Waals surface area contributed by atoms with Crippen molar-refractivity contribution in [1.82, 2.24) is 9.88 Å². The van der Waals surface area contributed by atoms with Crippen LogP contribution < -0.4 is 0 Å². The number of carboxylic acids is 1. The van der Waals surface area contributed by atoms with Gasteiger partial charge in [-0.05, 0) is 12.1 Å². The fourth-order valence-corrected chi connectivity index (χ4v) is 2.84. The summed E-state index contributed by atoms with van der Waals surface area (Å²) in [6.07, 6.45) is 1.76. The van der Waals surface area contributed by atoms with Crippen molar-refractivity contribution in [3.8, 4) is 0 Å². The average molecular weight is 295 g/mol. The molecule has 1 saturated heterocycles. The van der Waals surface area contributed by atoms with E-state index in [-0.39, 0.29) is 0 Å². The van der Waals surface area contributed by atoms with Crippen LogP contribution in [0.3, 0.4) is 0 Å². The molecule has 2 aromatic rings. The maximum atomic E-state index is 11.7. The van der Waals surface area contributed by atoms with Gasteiger partial charge in [-0.25, -0.2) is 0 Å². The smallest absolute Gasteiger partial charge is 0.325 e. The number of hydrogen-bond acceptors (Lipinski definition) is 3. The van der Waals surface area contributed by atoms with Crippen LogP contribution in [0.5, 0.6) is 0 Å². The summed E-state index contributed by atoms with van der Waals surface area (Å²) in [5.41, 5.74) is 1.62. The number of nitrogens with zero attached hydrogens (tertiary/aromatic N) is 1. The largest absolute Gasteiger partial charge is 0.480 e. The van der Waals surface area contributed by atoms with Crippen LogP contribution in [0.4, 0.5) is 0 Å². The number of fused-ring (bicyclic) bond motifs is 1. The topological polar surface area (TPSA) is 65.6 Å². The molecule has 6 heteroatoms. The van der Waals surface area contributed by atoms with E-state index in [1.165, 1.54) is 0 Å². The van der Waals surface area contributed by atoms with E-state index < -0.39 is 12.0 Å². The van der Waals surface area contributed by atoms with Crippen LogP contribution in [-0.4, -0.2) is 47.3 Å². The summed E-state index contributed by atoms with van der Waals surface area (Å²) < 4.78 is 5.29. The van der Waals surface area contributed by atoms with Crippen molar-refractivity contribution < 1.29 is 14.6 Å². The highest BCUT2D eigenvalue weighted by Gasteiger charge is 2.30. The number of carboxylic acid groups (broad SMARTS) is 1. The number of aromatic nitrogens is 1. The Morgan fingerprint density at radius 2 is 2.15 bits per heavy atom. The van der Waals surface area contributed by atoms with Crippen molar-refractivity contribution in [3.63, 3.8) is 0 Å². The minimum Gasteiger partial charge on any atom is -0.480 e. The summed E-state index contributed by atoms with van der Waals surface area (Å²) in [4.78, 5) is 16.7. The zero-order valence-corrected chi connectivity index (χ0v) is 11.6. The van der Waals surface area contributed by atoms with Gasteiger partial charge < -0.3 is 14.8 Å². The Hall–Kier alpha value is -1.56. The second-order valence-electron chi connectivity index (χ2n) is 4.82. The third kappa shape index (κ3) is 2.40. The van der Waals surface area contributed by atoms with Gasteiger partial charge in [-0.2, -0.15) is 0 Å². The summed E-state index contributed by atoms with van der Waals surface area (Å²) in [5, 5.41) is 11.1. The van der Waals surface area contributed by atoms with Crippen molar-refractivity contribution in [2.24, 2.45) is 0 Å². The van der Waals surface area contributed by atoms with Gasteiger partial charge in [-0.15, -0.1) is 0 Å². The Kier molecular flexibility index (Phi) is 3.65. The number of H-pyrrole nitrogens is 1. The van der Waals surface area contributed by atoms with E-state index >= 15 is 0 Å². The molecular formula is C14H15ClN2O3. The molecule has 0 aliphatic carbocycles. The first-order chi connectivity index (χ1) is 9.66. The highest BCUT2D eigenvalue weighted by molar-refractivity contribution is 6.31. The van der Waals surface area contributed by atoms with E-state index in [0.29, 0.717) is 31.3 Å². The van der Waals surface area contributed by atoms with Crippen molar-refractivity contribution >= 4 is 28.5 Å². The Morgan fingerprint density at radius 3 is 2.85 bits per heavy atom. The second kappa shape index (κ2) is 5.44. The number of carbonyl (C=O) groups is 1. The molecule has 3 rings (SSSR count). The lowest BCUT2D eigenvalue weighted by molar-refractivity contribution is -0.145. The number of halogens is 1. The highest BCUT2D eigenvalue weighted by atomic mass is 35.5. The van der Waals surface area contributed by atoms with Gasteiger partial charge in [0, 0.05) is 40.8 Å². The number of ether oxygens (including phenoxy) is 1. The Labute approximate surface area is 121 Å². The standard InChI is InChI=1S/C14H15ClN2O3/c15-9-1-2-10-11(8-16-12(10)7-9)13(14(18)19)17-3-5-20-6-4-17/h1-2,7-8,13,16H,3-6H2,(H,18,19). The predicted molar refractivity (Wildman–Crippen MR) is 76.1 cm³/mol. The van der Waals surface area contributed by atoms with Gasteiger partial charge in [-0.1, -0.05) is 17.7 Å². The summed E-state index contributed by atoms with van der Waals surface area (Å²) >= 11 is 5.96. The maximum Gasteiger partial charge on any atom is 0.325 e. The Bertz CT molecular complexity index is 634. The molecule has 0 saturated carbocycles. The van der Waals surface area contributed by atoms with Crippen LogP contribution in [0.2, 0.25) is 5.02 Å². The van der Waals surface area contributed by atoms with Gasteiger partial charge in [0.15, 0.2) is 0 Å². The molecule has 5 nitrogen and oxygen atoms in total. The molecule has 1 aliphatic rings. The first-order valence-corrected chi connectivity index (χ1v) is 6.86. The van der Waals surface area contributed by atoms with Crippen LogP contribution in [-0.2, 0) is 9.53 Å². The van der Waals surface area contributed by atoms with Crippen molar-refractivity contribution in [1.29, 1.82) is 0 Å². The SMILES string of the molecule is O=C(O)C(c1c[nH]c2cc(Cl)ccc12)N1CCOCC1. The predicted octanol–water partition coefficient (Wildman–Crippen LogP) is 2.28. The first kappa shape index (κ1) is 13.4.